The maximum Gasteiger partial charge on any atom is 0.227 e. The number of hydrogen-bond donors (Lipinski definition) is 1. The molecule has 0 bridgehead atoms. The molecule has 0 aliphatic carbocycles. The summed E-state index contributed by atoms with van der Waals surface area (Å²) in [6, 6.07) is 12.3. The third-order valence-corrected chi connectivity index (χ3v) is 3.04. The molecule has 2 aromatic carbocycles. The number of carbonyl (C=O) groups is 1. The van der Waals surface area contributed by atoms with Gasteiger partial charge in [0.15, 0.2) is 0 Å². The molecule has 21 heavy (non-hydrogen) atoms. The zero-order valence-corrected chi connectivity index (χ0v) is 12.2. The number of amides is 1. The Kier molecular flexibility index (Phi) is 4.93. The summed E-state index contributed by atoms with van der Waals surface area (Å²) in [7, 11) is 0. The highest BCUT2D eigenvalue weighted by Crippen LogP contribution is 2.15. The third-order valence-electron chi connectivity index (χ3n) is 3.04. The Morgan fingerprint density at radius 1 is 1.19 bits per heavy atom. The highest BCUT2D eigenvalue weighted by Gasteiger charge is 2.05. The predicted octanol–water partition coefficient (Wildman–Crippen LogP) is 3.85. The van der Waals surface area contributed by atoms with Crippen LogP contribution in [0.3, 0.4) is 0 Å². The van der Waals surface area contributed by atoms with Gasteiger partial charge in [-0.25, -0.2) is 4.39 Å². The topological polar surface area (TPSA) is 38.3 Å². The first-order valence-corrected chi connectivity index (χ1v) is 6.80. The van der Waals surface area contributed by atoms with Gasteiger partial charge in [-0.3, -0.25) is 4.79 Å². The van der Waals surface area contributed by atoms with Crippen molar-refractivity contribution in [1.29, 1.82) is 0 Å². The van der Waals surface area contributed by atoms with E-state index >= 15 is 0 Å². The van der Waals surface area contributed by atoms with Gasteiger partial charge in [0.25, 0.3) is 0 Å². The van der Waals surface area contributed by atoms with Crippen molar-refractivity contribution in [2.75, 3.05) is 11.9 Å². The summed E-state index contributed by atoms with van der Waals surface area (Å²) in [6.45, 7) is 3.94. The number of aryl methyl sites for hydroxylation is 2. The van der Waals surface area contributed by atoms with Crippen molar-refractivity contribution in [3.63, 3.8) is 0 Å². The first kappa shape index (κ1) is 15.0. The fourth-order valence-corrected chi connectivity index (χ4v) is 1.86. The zero-order chi connectivity index (χ0) is 15.2. The van der Waals surface area contributed by atoms with Crippen LogP contribution in [0.4, 0.5) is 10.1 Å². The molecular formula is C17H18FNO2. The average Bonchev–Trinajstić information content (AvgIpc) is 2.43. The number of anilines is 1. The Hall–Kier alpha value is -2.36. The summed E-state index contributed by atoms with van der Waals surface area (Å²) < 4.78 is 18.9. The first-order chi connectivity index (χ1) is 10.0. The highest BCUT2D eigenvalue weighted by molar-refractivity contribution is 5.90. The maximum absolute atomic E-state index is 13.4. The van der Waals surface area contributed by atoms with Crippen LogP contribution in [0.5, 0.6) is 5.75 Å². The average molecular weight is 287 g/mol. The number of carbonyl (C=O) groups excluding carboxylic acids is 1. The summed E-state index contributed by atoms with van der Waals surface area (Å²) in [6.07, 6.45) is 0.212. The highest BCUT2D eigenvalue weighted by atomic mass is 19.1. The van der Waals surface area contributed by atoms with E-state index in [-0.39, 0.29) is 24.8 Å². The Labute approximate surface area is 123 Å². The molecule has 0 aromatic heterocycles. The molecule has 110 valence electrons. The minimum atomic E-state index is -0.330. The van der Waals surface area contributed by atoms with E-state index < -0.39 is 0 Å². The van der Waals surface area contributed by atoms with Gasteiger partial charge in [-0.1, -0.05) is 18.2 Å². The second-order valence-electron chi connectivity index (χ2n) is 4.93. The molecule has 0 saturated heterocycles. The van der Waals surface area contributed by atoms with Crippen molar-refractivity contribution in [3.8, 4) is 5.75 Å². The van der Waals surface area contributed by atoms with Gasteiger partial charge in [0.2, 0.25) is 5.91 Å². The smallest absolute Gasteiger partial charge is 0.227 e. The van der Waals surface area contributed by atoms with E-state index in [1.165, 1.54) is 6.07 Å². The van der Waals surface area contributed by atoms with Crippen molar-refractivity contribution >= 4 is 11.6 Å². The molecule has 0 aliphatic rings. The number of rotatable bonds is 5. The SMILES string of the molecule is Cc1cccc(OCCC(=O)Nc2ccc(C)c(F)c2)c1. The van der Waals surface area contributed by atoms with Gasteiger partial charge in [-0.05, 0) is 49.2 Å². The van der Waals surface area contributed by atoms with E-state index in [2.05, 4.69) is 5.32 Å². The third kappa shape index (κ3) is 4.60. The van der Waals surface area contributed by atoms with Gasteiger partial charge in [-0.15, -0.1) is 0 Å². The molecule has 0 fully saturated rings. The Morgan fingerprint density at radius 2 is 2.00 bits per heavy atom. The second kappa shape index (κ2) is 6.88. The predicted molar refractivity (Wildman–Crippen MR) is 81.1 cm³/mol. The molecule has 1 amide bonds. The van der Waals surface area contributed by atoms with Crippen molar-refractivity contribution < 1.29 is 13.9 Å². The van der Waals surface area contributed by atoms with Gasteiger partial charge >= 0.3 is 0 Å². The number of nitrogens with one attached hydrogen (secondary N) is 1. The molecule has 0 heterocycles. The lowest BCUT2D eigenvalue weighted by atomic mass is 10.2. The van der Waals surface area contributed by atoms with E-state index in [1.54, 1.807) is 19.1 Å². The number of hydrogen-bond acceptors (Lipinski definition) is 2. The van der Waals surface area contributed by atoms with Gasteiger partial charge in [0.05, 0.1) is 13.0 Å². The van der Waals surface area contributed by atoms with Gasteiger partial charge in [0.1, 0.15) is 11.6 Å². The van der Waals surface area contributed by atoms with E-state index in [1.807, 2.05) is 31.2 Å². The van der Waals surface area contributed by atoms with Crippen LogP contribution in [-0.2, 0) is 4.79 Å². The first-order valence-electron chi connectivity index (χ1n) is 6.80. The van der Waals surface area contributed by atoms with Crippen molar-refractivity contribution in [1.82, 2.24) is 0 Å². The van der Waals surface area contributed by atoms with E-state index in [0.29, 0.717) is 11.3 Å². The number of halogens is 1. The summed E-state index contributed by atoms with van der Waals surface area (Å²) >= 11 is 0. The molecule has 2 aromatic rings. The van der Waals surface area contributed by atoms with Crippen LogP contribution in [0.1, 0.15) is 17.5 Å². The van der Waals surface area contributed by atoms with Crippen LogP contribution in [0, 0.1) is 19.7 Å². The zero-order valence-electron chi connectivity index (χ0n) is 12.2. The minimum absolute atomic E-state index is 0.203. The van der Waals surface area contributed by atoms with Crippen molar-refractivity contribution in [2.24, 2.45) is 0 Å². The standard InChI is InChI=1S/C17H18FNO2/c1-12-4-3-5-15(10-12)21-9-8-17(20)19-14-7-6-13(2)16(18)11-14/h3-7,10-11H,8-9H2,1-2H3,(H,19,20). The van der Waals surface area contributed by atoms with Crippen molar-refractivity contribution in [2.45, 2.75) is 20.3 Å². The van der Waals surface area contributed by atoms with Crippen LogP contribution in [-0.4, -0.2) is 12.5 Å². The molecule has 2 rings (SSSR count). The molecule has 0 aliphatic heterocycles. The van der Waals surface area contributed by atoms with Crippen LogP contribution < -0.4 is 10.1 Å². The fourth-order valence-electron chi connectivity index (χ4n) is 1.86. The summed E-state index contributed by atoms with van der Waals surface area (Å²) in [4.78, 5) is 11.8. The summed E-state index contributed by atoms with van der Waals surface area (Å²) in [5.74, 6) is 0.207. The van der Waals surface area contributed by atoms with E-state index in [4.69, 9.17) is 4.74 Å². The van der Waals surface area contributed by atoms with E-state index in [9.17, 15) is 9.18 Å². The van der Waals surface area contributed by atoms with Gasteiger partial charge < -0.3 is 10.1 Å². The summed E-state index contributed by atoms with van der Waals surface area (Å²) in [5, 5.41) is 2.65. The molecule has 3 nitrogen and oxygen atoms in total. The molecular weight excluding hydrogens is 269 g/mol. The lowest BCUT2D eigenvalue weighted by Crippen LogP contribution is -2.15. The molecule has 1 N–H and O–H groups in total. The van der Waals surface area contributed by atoms with Gasteiger partial charge in [0, 0.05) is 5.69 Å². The monoisotopic (exact) mass is 287 g/mol. The molecule has 4 heteroatoms. The summed E-state index contributed by atoms with van der Waals surface area (Å²) in [5.41, 5.74) is 2.11. The number of benzene rings is 2. The lowest BCUT2D eigenvalue weighted by Gasteiger charge is -2.08. The second-order valence-corrected chi connectivity index (χ2v) is 4.93. The van der Waals surface area contributed by atoms with Crippen LogP contribution in [0.15, 0.2) is 42.5 Å². The molecule has 0 spiro atoms. The normalized spacial score (nSPS) is 10.2. The van der Waals surface area contributed by atoms with Crippen LogP contribution >= 0.6 is 0 Å². The van der Waals surface area contributed by atoms with Crippen LogP contribution in [0.2, 0.25) is 0 Å². The van der Waals surface area contributed by atoms with E-state index in [0.717, 1.165) is 11.3 Å². The molecule has 0 atom stereocenters. The van der Waals surface area contributed by atoms with Crippen molar-refractivity contribution in [3.05, 3.63) is 59.4 Å². The van der Waals surface area contributed by atoms with Gasteiger partial charge in [-0.2, -0.15) is 0 Å². The molecule has 0 saturated carbocycles. The molecule has 0 radical (unpaired) electrons. The Bertz CT molecular complexity index is 640. The Morgan fingerprint density at radius 3 is 2.71 bits per heavy atom. The van der Waals surface area contributed by atoms with Crippen LogP contribution in [0.25, 0.3) is 0 Å². The Balaban J connectivity index is 1.81. The minimum Gasteiger partial charge on any atom is -0.493 e. The number of ether oxygens (including phenoxy) is 1. The largest absolute Gasteiger partial charge is 0.493 e. The maximum atomic E-state index is 13.4. The lowest BCUT2D eigenvalue weighted by molar-refractivity contribution is -0.116. The molecule has 0 unspecified atom stereocenters. The fraction of sp³-hybridized carbons (Fsp3) is 0.235. The quantitative estimate of drug-likeness (QED) is 0.907.